The predicted molar refractivity (Wildman–Crippen MR) is 62.4 cm³/mol. The van der Waals surface area contributed by atoms with Crippen molar-refractivity contribution in [2.45, 2.75) is 31.7 Å². The Kier molecular flexibility index (Phi) is 3.72. The molecule has 0 amide bonds. The summed E-state index contributed by atoms with van der Waals surface area (Å²) in [5.74, 6) is 0.540. The summed E-state index contributed by atoms with van der Waals surface area (Å²) in [4.78, 5) is 4.71. The third kappa shape index (κ3) is 2.38. The van der Waals surface area contributed by atoms with Crippen LogP contribution in [0.2, 0.25) is 0 Å². The Morgan fingerprint density at radius 1 is 1.73 bits per heavy atom. The molecule has 0 saturated carbocycles. The van der Waals surface area contributed by atoms with Gasteiger partial charge < -0.3 is 10.1 Å². The highest BCUT2D eigenvalue weighted by Crippen LogP contribution is 2.29. The molecular weight excluding hydrogens is 208 g/mol. The SMILES string of the molecule is CCC(NC)c1csc(C2CCOC2)n1. The van der Waals surface area contributed by atoms with E-state index >= 15 is 0 Å². The molecule has 2 rings (SSSR count). The molecule has 0 aromatic carbocycles. The first kappa shape index (κ1) is 11.0. The molecule has 0 radical (unpaired) electrons. The molecule has 1 saturated heterocycles. The van der Waals surface area contributed by atoms with Gasteiger partial charge in [0, 0.05) is 23.9 Å². The average Bonchev–Trinajstić information content (AvgIpc) is 2.89. The smallest absolute Gasteiger partial charge is 0.0983 e. The number of thiazole rings is 1. The molecule has 2 unspecified atom stereocenters. The number of hydrogen-bond donors (Lipinski definition) is 1. The monoisotopic (exact) mass is 226 g/mol. The van der Waals surface area contributed by atoms with Gasteiger partial charge in [0.1, 0.15) is 0 Å². The van der Waals surface area contributed by atoms with Crippen LogP contribution in [0.3, 0.4) is 0 Å². The quantitative estimate of drug-likeness (QED) is 0.855. The summed E-state index contributed by atoms with van der Waals surface area (Å²) >= 11 is 1.77. The van der Waals surface area contributed by atoms with Crippen molar-refractivity contribution in [3.05, 3.63) is 16.1 Å². The van der Waals surface area contributed by atoms with Crippen LogP contribution in [-0.4, -0.2) is 25.2 Å². The molecule has 2 heterocycles. The molecule has 0 spiro atoms. The fourth-order valence-electron chi connectivity index (χ4n) is 1.94. The highest BCUT2D eigenvalue weighted by molar-refractivity contribution is 7.09. The second-order valence-corrected chi connectivity index (χ2v) is 4.81. The van der Waals surface area contributed by atoms with Gasteiger partial charge in [-0.2, -0.15) is 0 Å². The molecule has 0 aliphatic carbocycles. The van der Waals surface area contributed by atoms with E-state index in [1.54, 1.807) is 11.3 Å². The largest absolute Gasteiger partial charge is 0.381 e. The zero-order chi connectivity index (χ0) is 10.7. The maximum Gasteiger partial charge on any atom is 0.0983 e. The van der Waals surface area contributed by atoms with E-state index in [0.29, 0.717) is 12.0 Å². The topological polar surface area (TPSA) is 34.1 Å². The van der Waals surface area contributed by atoms with E-state index < -0.39 is 0 Å². The van der Waals surface area contributed by atoms with Crippen LogP contribution < -0.4 is 5.32 Å². The summed E-state index contributed by atoms with van der Waals surface area (Å²) in [5, 5.41) is 6.71. The molecule has 15 heavy (non-hydrogen) atoms. The molecule has 84 valence electrons. The normalized spacial score (nSPS) is 23.2. The van der Waals surface area contributed by atoms with Crippen molar-refractivity contribution in [3.63, 3.8) is 0 Å². The highest BCUT2D eigenvalue weighted by Gasteiger charge is 2.22. The molecule has 1 aromatic heterocycles. The van der Waals surface area contributed by atoms with E-state index in [0.717, 1.165) is 26.1 Å². The number of hydrogen-bond acceptors (Lipinski definition) is 4. The maximum absolute atomic E-state index is 5.38. The van der Waals surface area contributed by atoms with Gasteiger partial charge in [-0.25, -0.2) is 4.98 Å². The van der Waals surface area contributed by atoms with Gasteiger partial charge >= 0.3 is 0 Å². The minimum Gasteiger partial charge on any atom is -0.381 e. The zero-order valence-corrected chi connectivity index (χ0v) is 10.1. The van der Waals surface area contributed by atoms with Crippen LogP contribution in [0.5, 0.6) is 0 Å². The van der Waals surface area contributed by atoms with Crippen LogP contribution in [0.15, 0.2) is 5.38 Å². The second-order valence-electron chi connectivity index (χ2n) is 3.92. The van der Waals surface area contributed by atoms with E-state index in [1.165, 1.54) is 10.7 Å². The van der Waals surface area contributed by atoms with Gasteiger partial charge in [-0.3, -0.25) is 0 Å². The first-order chi connectivity index (χ1) is 7.35. The summed E-state index contributed by atoms with van der Waals surface area (Å²) in [6, 6.07) is 0.400. The Morgan fingerprint density at radius 2 is 2.60 bits per heavy atom. The Morgan fingerprint density at radius 3 is 3.20 bits per heavy atom. The van der Waals surface area contributed by atoms with Crippen molar-refractivity contribution < 1.29 is 4.74 Å². The maximum atomic E-state index is 5.38. The fraction of sp³-hybridized carbons (Fsp3) is 0.727. The van der Waals surface area contributed by atoms with E-state index in [9.17, 15) is 0 Å². The molecule has 0 bridgehead atoms. The van der Waals surface area contributed by atoms with Crippen molar-refractivity contribution in [2.75, 3.05) is 20.3 Å². The Hall–Kier alpha value is -0.450. The molecule has 1 aromatic rings. The number of nitrogens with one attached hydrogen (secondary N) is 1. The van der Waals surface area contributed by atoms with Crippen molar-refractivity contribution in [1.82, 2.24) is 10.3 Å². The third-order valence-electron chi connectivity index (χ3n) is 2.93. The zero-order valence-electron chi connectivity index (χ0n) is 9.32. The fourth-order valence-corrected chi connectivity index (χ4v) is 2.93. The standard InChI is InChI=1S/C11H18N2OS/c1-3-9(12-2)10-7-15-11(13-10)8-4-5-14-6-8/h7-9,12H,3-6H2,1-2H3. The third-order valence-corrected chi connectivity index (χ3v) is 3.96. The molecule has 4 heteroatoms. The van der Waals surface area contributed by atoms with E-state index in [-0.39, 0.29) is 0 Å². The molecular formula is C11H18N2OS. The summed E-state index contributed by atoms with van der Waals surface area (Å²) in [6.07, 6.45) is 2.21. The van der Waals surface area contributed by atoms with E-state index in [4.69, 9.17) is 9.72 Å². The molecule has 2 atom stereocenters. The van der Waals surface area contributed by atoms with Gasteiger partial charge in [0.05, 0.1) is 17.3 Å². The summed E-state index contributed by atoms with van der Waals surface area (Å²) in [6.45, 7) is 3.92. The Bertz CT molecular complexity index is 287. The molecule has 1 fully saturated rings. The van der Waals surface area contributed by atoms with E-state index in [1.807, 2.05) is 7.05 Å². The lowest BCUT2D eigenvalue weighted by Crippen LogP contribution is -2.15. The molecule has 3 nitrogen and oxygen atoms in total. The minimum atomic E-state index is 0.400. The second kappa shape index (κ2) is 5.05. The summed E-state index contributed by atoms with van der Waals surface area (Å²) in [5.41, 5.74) is 1.19. The number of aromatic nitrogens is 1. The summed E-state index contributed by atoms with van der Waals surface area (Å²) < 4.78 is 5.38. The van der Waals surface area contributed by atoms with Crippen LogP contribution in [0, 0.1) is 0 Å². The van der Waals surface area contributed by atoms with Gasteiger partial charge in [0.2, 0.25) is 0 Å². The first-order valence-electron chi connectivity index (χ1n) is 5.55. The highest BCUT2D eigenvalue weighted by atomic mass is 32.1. The van der Waals surface area contributed by atoms with Gasteiger partial charge in [0.25, 0.3) is 0 Å². The van der Waals surface area contributed by atoms with Crippen LogP contribution in [0.4, 0.5) is 0 Å². The van der Waals surface area contributed by atoms with Gasteiger partial charge in [-0.05, 0) is 19.9 Å². The van der Waals surface area contributed by atoms with Crippen LogP contribution in [0.25, 0.3) is 0 Å². The Labute approximate surface area is 94.9 Å². The first-order valence-corrected chi connectivity index (χ1v) is 6.43. The number of nitrogens with zero attached hydrogens (tertiary/aromatic N) is 1. The van der Waals surface area contributed by atoms with Crippen molar-refractivity contribution in [2.24, 2.45) is 0 Å². The van der Waals surface area contributed by atoms with Crippen LogP contribution in [0.1, 0.15) is 42.4 Å². The van der Waals surface area contributed by atoms with Crippen molar-refractivity contribution in [3.8, 4) is 0 Å². The number of ether oxygens (including phenoxy) is 1. The summed E-state index contributed by atoms with van der Waals surface area (Å²) in [7, 11) is 1.99. The van der Waals surface area contributed by atoms with Gasteiger partial charge in [-0.15, -0.1) is 11.3 Å². The molecule has 1 aliphatic rings. The Balaban J connectivity index is 2.08. The number of rotatable bonds is 4. The molecule has 1 N–H and O–H groups in total. The van der Waals surface area contributed by atoms with Gasteiger partial charge in [0.15, 0.2) is 0 Å². The van der Waals surface area contributed by atoms with Crippen LogP contribution >= 0.6 is 11.3 Å². The minimum absolute atomic E-state index is 0.400. The lowest BCUT2D eigenvalue weighted by Gasteiger charge is -2.10. The van der Waals surface area contributed by atoms with Crippen molar-refractivity contribution >= 4 is 11.3 Å². The van der Waals surface area contributed by atoms with Crippen molar-refractivity contribution in [1.29, 1.82) is 0 Å². The van der Waals surface area contributed by atoms with Gasteiger partial charge in [-0.1, -0.05) is 6.92 Å². The average molecular weight is 226 g/mol. The van der Waals surface area contributed by atoms with E-state index in [2.05, 4.69) is 17.6 Å². The predicted octanol–water partition coefficient (Wildman–Crippen LogP) is 2.32. The molecule has 1 aliphatic heterocycles. The van der Waals surface area contributed by atoms with Crippen LogP contribution in [-0.2, 0) is 4.74 Å². The lowest BCUT2D eigenvalue weighted by atomic mass is 10.1. The lowest BCUT2D eigenvalue weighted by molar-refractivity contribution is 0.194.